The Kier molecular flexibility index (Phi) is 3.88. The van der Waals surface area contributed by atoms with Gasteiger partial charge in [-0.1, -0.05) is 72.8 Å². The van der Waals surface area contributed by atoms with Crippen molar-refractivity contribution < 1.29 is 19.4 Å². The van der Waals surface area contributed by atoms with Gasteiger partial charge in [-0.25, -0.2) is 0 Å². The van der Waals surface area contributed by atoms with Crippen LogP contribution in [0.3, 0.4) is 0 Å². The van der Waals surface area contributed by atoms with Gasteiger partial charge in [0.2, 0.25) is 5.91 Å². The van der Waals surface area contributed by atoms with Gasteiger partial charge in [0.25, 0.3) is 0 Å². The van der Waals surface area contributed by atoms with Crippen LogP contribution in [-0.2, 0) is 27.3 Å². The largest absolute Gasteiger partial charge is 0.481 e. The molecule has 5 atom stereocenters. The first-order valence-corrected chi connectivity index (χ1v) is 9.58. The Hall–Kier alpha value is -2.92. The van der Waals surface area contributed by atoms with Crippen LogP contribution < -0.4 is 0 Å². The Morgan fingerprint density at radius 2 is 1.68 bits per heavy atom. The van der Waals surface area contributed by atoms with Gasteiger partial charge in [-0.05, 0) is 17.5 Å². The van der Waals surface area contributed by atoms with Gasteiger partial charge in [0.05, 0.1) is 18.1 Å². The molecule has 0 aliphatic carbocycles. The minimum Gasteiger partial charge on any atom is -0.481 e. The van der Waals surface area contributed by atoms with Crippen molar-refractivity contribution >= 4 is 11.9 Å². The number of ether oxygens (including phenoxy) is 1. The maximum atomic E-state index is 13.4. The van der Waals surface area contributed by atoms with Crippen LogP contribution in [0.2, 0.25) is 0 Å². The molecular weight excluding hydrogens is 354 g/mol. The van der Waals surface area contributed by atoms with Crippen molar-refractivity contribution in [3.63, 3.8) is 0 Å². The molecule has 5 heteroatoms. The normalized spacial score (nSPS) is 32.7. The molecule has 2 fully saturated rings. The van der Waals surface area contributed by atoms with E-state index in [-0.39, 0.29) is 11.9 Å². The maximum Gasteiger partial charge on any atom is 0.310 e. The van der Waals surface area contributed by atoms with E-state index in [1.54, 1.807) is 0 Å². The van der Waals surface area contributed by atoms with E-state index < -0.39 is 29.5 Å². The van der Waals surface area contributed by atoms with Crippen molar-refractivity contribution in [3.05, 3.63) is 83.9 Å². The zero-order valence-electron chi connectivity index (χ0n) is 15.3. The highest BCUT2D eigenvalue weighted by molar-refractivity contribution is 5.91. The number of carboxylic acid groups (broad SMARTS) is 1. The average molecular weight is 375 g/mol. The molecule has 5 nitrogen and oxygen atoms in total. The van der Waals surface area contributed by atoms with Crippen molar-refractivity contribution in [2.45, 2.75) is 30.7 Å². The SMILES string of the molecule is O=C(O)[C@@H]1[C@@H]2C=C[C@@]3(O2)[C@H](Cc2ccccc2)N(Cc2ccccc2)C(=O)[C@@H]13. The van der Waals surface area contributed by atoms with Gasteiger partial charge in [-0.3, -0.25) is 9.59 Å². The molecule has 142 valence electrons. The molecule has 2 aromatic carbocycles. The summed E-state index contributed by atoms with van der Waals surface area (Å²) in [5.74, 6) is -2.58. The van der Waals surface area contributed by atoms with Gasteiger partial charge >= 0.3 is 5.97 Å². The van der Waals surface area contributed by atoms with Crippen LogP contribution in [0.15, 0.2) is 72.8 Å². The van der Waals surface area contributed by atoms with Gasteiger partial charge in [0.1, 0.15) is 11.5 Å². The number of carbonyl (C=O) groups excluding carboxylic acids is 1. The number of carboxylic acids is 1. The minimum absolute atomic E-state index is 0.121. The molecule has 2 aromatic rings. The van der Waals surface area contributed by atoms with E-state index >= 15 is 0 Å². The van der Waals surface area contributed by atoms with Gasteiger partial charge in [-0.2, -0.15) is 0 Å². The molecule has 0 aromatic heterocycles. The first kappa shape index (κ1) is 17.2. The number of amides is 1. The predicted molar refractivity (Wildman–Crippen MR) is 102 cm³/mol. The molecule has 3 heterocycles. The molecular formula is C23H21NO4. The molecule has 2 bridgehead atoms. The number of nitrogens with zero attached hydrogens (tertiary/aromatic N) is 1. The minimum atomic E-state index is -0.963. The summed E-state index contributed by atoms with van der Waals surface area (Å²) in [5.41, 5.74) is 1.26. The topological polar surface area (TPSA) is 66.8 Å². The number of carbonyl (C=O) groups is 2. The number of benzene rings is 2. The first-order valence-electron chi connectivity index (χ1n) is 9.58. The number of likely N-dealkylation sites (tertiary alicyclic amines) is 1. The first-order chi connectivity index (χ1) is 13.6. The van der Waals surface area contributed by atoms with Crippen molar-refractivity contribution in [1.29, 1.82) is 0 Å². The van der Waals surface area contributed by atoms with Crippen LogP contribution in [0.25, 0.3) is 0 Å². The maximum absolute atomic E-state index is 13.4. The van der Waals surface area contributed by atoms with Gasteiger partial charge in [-0.15, -0.1) is 0 Å². The molecule has 1 amide bonds. The highest BCUT2D eigenvalue weighted by Crippen LogP contribution is 2.55. The van der Waals surface area contributed by atoms with Crippen molar-refractivity contribution in [2.75, 3.05) is 0 Å². The summed E-state index contributed by atoms with van der Waals surface area (Å²) in [6, 6.07) is 19.6. The van der Waals surface area contributed by atoms with Gasteiger partial charge in [0, 0.05) is 6.54 Å². The molecule has 0 radical (unpaired) electrons. The van der Waals surface area contributed by atoms with Crippen molar-refractivity contribution in [1.82, 2.24) is 4.90 Å². The second kappa shape index (κ2) is 6.31. The smallest absolute Gasteiger partial charge is 0.310 e. The zero-order valence-corrected chi connectivity index (χ0v) is 15.3. The Morgan fingerprint density at radius 3 is 2.32 bits per heavy atom. The van der Waals surface area contributed by atoms with Gasteiger partial charge < -0.3 is 14.7 Å². The van der Waals surface area contributed by atoms with Crippen LogP contribution in [-0.4, -0.2) is 39.6 Å². The lowest BCUT2D eigenvalue weighted by molar-refractivity contribution is -0.148. The summed E-state index contributed by atoms with van der Waals surface area (Å²) >= 11 is 0. The second-order valence-corrected chi connectivity index (χ2v) is 7.79. The summed E-state index contributed by atoms with van der Waals surface area (Å²) in [6.45, 7) is 0.448. The third kappa shape index (κ3) is 2.43. The summed E-state index contributed by atoms with van der Waals surface area (Å²) in [4.78, 5) is 27.2. The molecule has 3 aliphatic rings. The third-order valence-corrected chi connectivity index (χ3v) is 6.28. The quantitative estimate of drug-likeness (QED) is 0.816. The highest BCUT2D eigenvalue weighted by atomic mass is 16.5. The van der Waals surface area contributed by atoms with Crippen molar-refractivity contribution in [3.8, 4) is 0 Å². The van der Waals surface area contributed by atoms with E-state index in [0.717, 1.165) is 11.1 Å². The fourth-order valence-corrected chi connectivity index (χ4v) is 5.08. The number of hydrogen-bond donors (Lipinski definition) is 1. The van der Waals surface area contributed by atoms with E-state index in [2.05, 4.69) is 0 Å². The number of hydrogen-bond acceptors (Lipinski definition) is 3. The Balaban J connectivity index is 1.56. The van der Waals surface area contributed by atoms with E-state index in [4.69, 9.17) is 4.74 Å². The van der Waals surface area contributed by atoms with Crippen LogP contribution >= 0.6 is 0 Å². The van der Waals surface area contributed by atoms with Crippen LogP contribution in [0.5, 0.6) is 0 Å². The molecule has 0 saturated carbocycles. The fraction of sp³-hybridized carbons (Fsp3) is 0.304. The van der Waals surface area contributed by atoms with Crippen LogP contribution in [0, 0.1) is 11.8 Å². The summed E-state index contributed by atoms with van der Waals surface area (Å²) in [7, 11) is 0. The van der Waals surface area contributed by atoms with Crippen LogP contribution in [0.1, 0.15) is 11.1 Å². The third-order valence-electron chi connectivity index (χ3n) is 6.28. The molecule has 3 aliphatic heterocycles. The molecule has 1 N–H and O–H groups in total. The molecule has 28 heavy (non-hydrogen) atoms. The summed E-state index contributed by atoms with van der Waals surface area (Å²) < 4.78 is 6.23. The molecule has 0 unspecified atom stereocenters. The number of fused-ring (bicyclic) bond motifs is 1. The highest BCUT2D eigenvalue weighted by Gasteiger charge is 2.70. The molecule has 1 spiro atoms. The van der Waals surface area contributed by atoms with E-state index in [1.807, 2.05) is 77.7 Å². The molecule has 2 saturated heterocycles. The van der Waals surface area contributed by atoms with Crippen LogP contribution in [0.4, 0.5) is 0 Å². The second-order valence-electron chi connectivity index (χ2n) is 7.79. The number of rotatable bonds is 5. The predicted octanol–water partition coefficient (Wildman–Crippen LogP) is 2.66. The lowest BCUT2D eigenvalue weighted by Gasteiger charge is -2.33. The van der Waals surface area contributed by atoms with Crippen molar-refractivity contribution in [2.24, 2.45) is 11.8 Å². The number of aliphatic carboxylic acids is 1. The Bertz CT molecular complexity index is 942. The van der Waals surface area contributed by atoms with E-state index in [9.17, 15) is 14.7 Å². The van der Waals surface area contributed by atoms with E-state index in [0.29, 0.717) is 13.0 Å². The zero-order chi connectivity index (χ0) is 19.3. The Labute approximate surface area is 163 Å². The lowest BCUT2D eigenvalue weighted by Crippen LogP contribution is -2.46. The lowest BCUT2D eigenvalue weighted by atomic mass is 9.74. The van der Waals surface area contributed by atoms with E-state index in [1.165, 1.54) is 0 Å². The average Bonchev–Trinajstić information content (AvgIpc) is 3.34. The van der Waals surface area contributed by atoms with Gasteiger partial charge in [0.15, 0.2) is 0 Å². The summed E-state index contributed by atoms with van der Waals surface area (Å²) in [5, 5.41) is 9.76. The Morgan fingerprint density at radius 1 is 1.04 bits per heavy atom. The molecule has 5 rings (SSSR count). The monoisotopic (exact) mass is 375 g/mol. The standard InChI is InChI=1S/C23H21NO4/c25-21-20-19(22(26)27)17-11-12-23(20,28-17)18(13-15-7-3-1-4-8-15)24(21)14-16-9-5-2-6-10-16/h1-12,17-20H,13-14H2,(H,26,27)/t17-,18-,19+,20+,23+/m0/s1. The summed E-state index contributed by atoms with van der Waals surface area (Å²) in [6.07, 6.45) is 3.87. The fourth-order valence-electron chi connectivity index (χ4n) is 5.08.